The lowest BCUT2D eigenvalue weighted by Crippen LogP contribution is -2.05. The number of carbonyl (C=O) groups excluding carboxylic acids is 1. The van der Waals surface area contributed by atoms with Gasteiger partial charge in [-0.15, -0.1) is 0 Å². The molecule has 0 heterocycles. The van der Waals surface area contributed by atoms with Gasteiger partial charge in [-0.1, -0.05) is 263 Å². The third-order valence-electron chi connectivity index (χ3n) is 11.9. The van der Waals surface area contributed by atoms with E-state index in [-0.39, 0.29) is 5.97 Å². The van der Waals surface area contributed by atoms with Gasteiger partial charge in [0.05, 0.1) is 6.61 Å². The summed E-state index contributed by atoms with van der Waals surface area (Å²) in [5.74, 6) is 0.953. The molecule has 0 amide bonds. The van der Waals surface area contributed by atoms with Gasteiger partial charge in [0.2, 0.25) is 0 Å². The summed E-state index contributed by atoms with van der Waals surface area (Å²) in [6.07, 6.45) is 66.0. The minimum Gasteiger partial charge on any atom is -0.466 e. The number of esters is 1. The van der Waals surface area contributed by atoms with Crippen LogP contribution in [-0.4, -0.2) is 12.6 Å². The standard InChI is InChI=1S/C52H100O2/c1-4-6-7-8-9-10-11-12-27-31-34-37-40-43-46-49-52(53)54-50-47-44-41-38-35-32-29-26-24-22-20-18-16-14-13-15-17-19-21-23-25-28-30-33-36-39-42-45-48-51(3)5-2/h9-10,12,27,51H,4-8,11,13-26,28-50H2,1-3H3/b10-9-,27-12-. The molecule has 0 aromatic carbocycles. The highest BCUT2D eigenvalue weighted by molar-refractivity contribution is 5.69. The Labute approximate surface area is 341 Å². The molecule has 2 heteroatoms. The quantitative estimate of drug-likeness (QED) is 0.0351. The summed E-state index contributed by atoms with van der Waals surface area (Å²) in [5, 5.41) is 0. The van der Waals surface area contributed by atoms with Crippen LogP contribution in [0.5, 0.6) is 0 Å². The summed E-state index contributed by atoms with van der Waals surface area (Å²) < 4.78 is 5.47. The Morgan fingerprint density at radius 2 is 0.741 bits per heavy atom. The molecule has 0 aliphatic heterocycles. The Bertz CT molecular complexity index is 753. The smallest absolute Gasteiger partial charge is 0.305 e. The van der Waals surface area contributed by atoms with E-state index < -0.39 is 0 Å². The van der Waals surface area contributed by atoms with E-state index in [1.165, 1.54) is 238 Å². The van der Waals surface area contributed by atoms with Gasteiger partial charge in [0.1, 0.15) is 0 Å². The van der Waals surface area contributed by atoms with Crippen molar-refractivity contribution in [2.75, 3.05) is 6.61 Å². The van der Waals surface area contributed by atoms with Crippen LogP contribution in [0.3, 0.4) is 0 Å². The van der Waals surface area contributed by atoms with E-state index >= 15 is 0 Å². The van der Waals surface area contributed by atoms with Crippen molar-refractivity contribution in [3.05, 3.63) is 24.3 Å². The van der Waals surface area contributed by atoms with Crippen LogP contribution in [0.2, 0.25) is 0 Å². The molecular weight excluding hydrogens is 657 g/mol. The topological polar surface area (TPSA) is 26.3 Å². The first kappa shape index (κ1) is 53.0. The van der Waals surface area contributed by atoms with Crippen molar-refractivity contribution in [2.24, 2.45) is 5.92 Å². The molecule has 1 atom stereocenters. The number of hydrogen-bond donors (Lipinski definition) is 0. The molecule has 2 nitrogen and oxygen atoms in total. The van der Waals surface area contributed by atoms with E-state index in [0.29, 0.717) is 13.0 Å². The highest BCUT2D eigenvalue weighted by Crippen LogP contribution is 2.18. The maximum atomic E-state index is 12.0. The van der Waals surface area contributed by atoms with Gasteiger partial charge in [0, 0.05) is 6.42 Å². The summed E-state index contributed by atoms with van der Waals surface area (Å²) >= 11 is 0. The molecule has 0 radical (unpaired) electrons. The maximum absolute atomic E-state index is 12.0. The average molecular weight is 757 g/mol. The Morgan fingerprint density at radius 3 is 1.13 bits per heavy atom. The Kier molecular flexibility index (Phi) is 47.2. The van der Waals surface area contributed by atoms with E-state index in [0.717, 1.165) is 31.6 Å². The largest absolute Gasteiger partial charge is 0.466 e. The van der Waals surface area contributed by atoms with Crippen molar-refractivity contribution in [1.29, 1.82) is 0 Å². The van der Waals surface area contributed by atoms with E-state index in [9.17, 15) is 4.79 Å². The Balaban J connectivity index is 3.17. The van der Waals surface area contributed by atoms with Gasteiger partial charge in [-0.25, -0.2) is 0 Å². The molecule has 0 aromatic rings. The van der Waals surface area contributed by atoms with Gasteiger partial charge in [-0.2, -0.15) is 0 Å². The van der Waals surface area contributed by atoms with Crippen molar-refractivity contribution in [3.63, 3.8) is 0 Å². The predicted octanol–water partition coefficient (Wildman–Crippen LogP) is 18.7. The first-order valence-electron chi connectivity index (χ1n) is 25.2. The number of rotatable bonds is 46. The van der Waals surface area contributed by atoms with Gasteiger partial charge in [-0.3, -0.25) is 4.79 Å². The van der Waals surface area contributed by atoms with Crippen LogP contribution in [0.15, 0.2) is 24.3 Å². The van der Waals surface area contributed by atoms with Crippen molar-refractivity contribution in [3.8, 4) is 0 Å². The molecule has 0 saturated carbocycles. The molecule has 0 saturated heterocycles. The lowest BCUT2D eigenvalue weighted by atomic mass is 9.99. The van der Waals surface area contributed by atoms with Crippen molar-refractivity contribution < 1.29 is 9.53 Å². The average Bonchev–Trinajstić information content (AvgIpc) is 3.18. The third kappa shape index (κ3) is 47.1. The zero-order chi connectivity index (χ0) is 39.1. The van der Waals surface area contributed by atoms with E-state index in [2.05, 4.69) is 45.1 Å². The second-order valence-electron chi connectivity index (χ2n) is 17.4. The van der Waals surface area contributed by atoms with Crippen LogP contribution in [0.25, 0.3) is 0 Å². The second-order valence-corrected chi connectivity index (χ2v) is 17.4. The Morgan fingerprint density at radius 1 is 0.407 bits per heavy atom. The van der Waals surface area contributed by atoms with Gasteiger partial charge in [0.15, 0.2) is 0 Å². The fourth-order valence-electron chi connectivity index (χ4n) is 7.73. The molecule has 320 valence electrons. The molecule has 0 N–H and O–H groups in total. The molecule has 0 aliphatic carbocycles. The maximum Gasteiger partial charge on any atom is 0.305 e. The highest BCUT2D eigenvalue weighted by Gasteiger charge is 2.03. The summed E-state index contributed by atoms with van der Waals surface area (Å²) in [6, 6.07) is 0. The Hall–Kier alpha value is -1.05. The summed E-state index contributed by atoms with van der Waals surface area (Å²) in [5.41, 5.74) is 0. The second kappa shape index (κ2) is 48.1. The number of hydrogen-bond acceptors (Lipinski definition) is 2. The zero-order valence-corrected chi connectivity index (χ0v) is 37.6. The molecule has 0 spiro atoms. The molecule has 54 heavy (non-hydrogen) atoms. The van der Waals surface area contributed by atoms with Gasteiger partial charge in [-0.05, 0) is 50.9 Å². The van der Waals surface area contributed by atoms with Crippen LogP contribution in [0.1, 0.15) is 290 Å². The number of ether oxygens (including phenoxy) is 1. The van der Waals surface area contributed by atoms with Crippen LogP contribution in [-0.2, 0) is 9.53 Å². The molecule has 0 rings (SSSR count). The fourth-order valence-corrected chi connectivity index (χ4v) is 7.73. The lowest BCUT2D eigenvalue weighted by molar-refractivity contribution is -0.143. The first-order chi connectivity index (χ1) is 26.7. The summed E-state index contributed by atoms with van der Waals surface area (Å²) in [7, 11) is 0. The molecule has 0 fully saturated rings. The van der Waals surface area contributed by atoms with Crippen LogP contribution < -0.4 is 0 Å². The SMILES string of the molecule is CCCCC/C=C\C/C=C\CCCCCCCC(=O)OCCCCCCCCCCCCCCCCCCCCCCCCCCCCCCC(C)CC. The minimum atomic E-state index is 0.0149. The summed E-state index contributed by atoms with van der Waals surface area (Å²) in [4.78, 5) is 12.0. The minimum absolute atomic E-state index is 0.0149. The number of unbranched alkanes of at least 4 members (excludes halogenated alkanes) is 35. The van der Waals surface area contributed by atoms with E-state index in [1.807, 2.05) is 0 Å². The van der Waals surface area contributed by atoms with Crippen molar-refractivity contribution in [2.45, 2.75) is 290 Å². The normalized spacial score (nSPS) is 12.4. The molecule has 0 bridgehead atoms. The van der Waals surface area contributed by atoms with E-state index in [4.69, 9.17) is 4.74 Å². The van der Waals surface area contributed by atoms with Crippen LogP contribution in [0.4, 0.5) is 0 Å². The van der Waals surface area contributed by atoms with E-state index in [1.54, 1.807) is 0 Å². The van der Waals surface area contributed by atoms with Gasteiger partial charge >= 0.3 is 5.97 Å². The predicted molar refractivity (Wildman–Crippen MR) is 244 cm³/mol. The first-order valence-corrected chi connectivity index (χ1v) is 25.2. The highest BCUT2D eigenvalue weighted by atomic mass is 16.5. The lowest BCUT2D eigenvalue weighted by Gasteiger charge is -2.07. The molecule has 0 aromatic heterocycles. The number of allylic oxidation sites excluding steroid dienone is 4. The molecular formula is C52H100O2. The molecule has 0 aliphatic rings. The fraction of sp³-hybridized carbons (Fsp3) is 0.904. The molecule has 1 unspecified atom stereocenters. The summed E-state index contributed by atoms with van der Waals surface area (Å²) in [6.45, 7) is 7.61. The van der Waals surface area contributed by atoms with Crippen molar-refractivity contribution >= 4 is 5.97 Å². The van der Waals surface area contributed by atoms with Crippen LogP contribution in [0, 0.1) is 5.92 Å². The zero-order valence-electron chi connectivity index (χ0n) is 37.6. The van der Waals surface area contributed by atoms with Crippen LogP contribution >= 0.6 is 0 Å². The number of carbonyl (C=O) groups is 1. The monoisotopic (exact) mass is 757 g/mol. The van der Waals surface area contributed by atoms with Gasteiger partial charge < -0.3 is 4.74 Å². The van der Waals surface area contributed by atoms with Crippen molar-refractivity contribution in [1.82, 2.24) is 0 Å². The van der Waals surface area contributed by atoms with Gasteiger partial charge in [0.25, 0.3) is 0 Å². The third-order valence-corrected chi connectivity index (χ3v) is 11.9.